The van der Waals surface area contributed by atoms with E-state index < -0.39 is 0 Å². The van der Waals surface area contributed by atoms with Gasteiger partial charge in [-0.1, -0.05) is 0 Å². The van der Waals surface area contributed by atoms with Crippen LogP contribution in [0.15, 0.2) is 6.20 Å². The summed E-state index contributed by atoms with van der Waals surface area (Å²) in [6.07, 6.45) is 5.38. The Morgan fingerprint density at radius 1 is 1.75 bits per heavy atom. The molecular formula is C11H16ClN3O. The summed E-state index contributed by atoms with van der Waals surface area (Å²) in [6.45, 7) is 0. The molecule has 0 radical (unpaired) electrons. The van der Waals surface area contributed by atoms with Crippen molar-refractivity contribution in [1.82, 2.24) is 15.1 Å². The maximum Gasteiger partial charge on any atom is 0.221 e. The zero-order chi connectivity index (χ0) is 11.5. The van der Waals surface area contributed by atoms with Crippen molar-refractivity contribution in [1.29, 1.82) is 0 Å². The molecule has 0 aliphatic heterocycles. The number of carbonyl (C=O) groups is 1. The molecule has 88 valence electrons. The fraction of sp³-hybridized carbons (Fsp3) is 0.636. The van der Waals surface area contributed by atoms with Crippen molar-refractivity contribution in [2.45, 2.75) is 31.7 Å². The van der Waals surface area contributed by atoms with E-state index in [9.17, 15) is 4.79 Å². The van der Waals surface area contributed by atoms with Gasteiger partial charge in [-0.2, -0.15) is 5.10 Å². The number of hydrogen-bond donors (Lipinski definition) is 1. The number of aromatic nitrogens is 2. The molecular weight excluding hydrogens is 226 g/mol. The van der Waals surface area contributed by atoms with Gasteiger partial charge in [0.15, 0.2) is 0 Å². The highest BCUT2D eigenvalue weighted by Crippen LogP contribution is 2.29. The van der Waals surface area contributed by atoms with Gasteiger partial charge in [0.1, 0.15) is 0 Å². The van der Waals surface area contributed by atoms with Crippen molar-refractivity contribution < 1.29 is 4.79 Å². The Morgan fingerprint density at radius 2 is 2.56 bits per heavy atom. The van der Waals surface area contributed by atoms with Gasteiger partial charge >= 0.3 is 0 Å². The minimum Gasteiger partial charge on any atom is -0.349 e. The van der Waals surface area contributed by atoms with Gasteiger partial charge in [-0.3, -0.25) is 9.48 Å². The van der Waals surface area contributed by atoms with Crippen LogP contribution in [-0.2, 0) is 18.3 Å². The highest BCUT2D eigenvalue weighted by molar-refractivity contribution is 6.18. The summed E-state index contributed by atoms with van der Waals surface area (Å²) in [4.78, 5) is 11.5. The maximum absolute atomic E-state index is 11.5. The molecule has 1 atom stereocenters. The average molecular weight is 242 g/mol. The number of carbonyl (C=O) groups excluding carboxylic acids is 1. The first-order valence-electron chi connectivity index (χ1n) is 5.58. The largest absolute Gasteiger partial charge is 0.349 e. The molecule has 0 fully saturated rings. The van der Waals surface area contributed by atoms with Crippen molar-refractivity contribution in [2.75, 3.05) is 5.88 Å². The molecule has 1 aromatic rings. The van der Waals surface area contributed by atoms with E-state index in [1.807, 2.05) is 17.9 Å². The van der Waals surface area contributed by atoms with Gasteiger partial charge in [0, 0.05) is 30.6 Å². The van der Waals surface area contributed by atoms with Crippen molar-refractivity contribution in [3.8, 4) is 0 Å². The van der Waals surface area contributed by atoms with Crippen LogP contribution in [0.5, 0.6) is 0 Å². The normalized spacial score (nSPS) is 19.2. The summed E-state index contributed by atoms with van der Waals surface area (Å²) in [5, 5.41) is 7.25. The number of nitrogens with one attached hydrogen (secondary N) is 1. The smallest absolute Gasteiger partial charge is 0.221 e. The molecule has 5 heteroatoms. The Morgan fingerprint density at radius 3 is 3.31 bits per heavy atom. The second kappa shape index (κ2) is 4.87. The summed E-state index contributed by atoms with van der Waals surface area (Å²) in [6, 6.07) is 0.119. The van der Waals surface area contributed by atoms with Crippen molar-refractivity contribution in [2.24, 2.45) is 7.05 Å². The van der Waals surface area contributed by atoms with Gasteiger partial charge in [0.25, 0.3) is 0 Å². The van der Waals surface area contributed by atoms with E-state index in [4.69, 9.17) is 11.6 Å². The van der Waals surface area contributed by atoms with Crippen LogP contribution in [0.25, 0.3) is 0 Å². The van der Waals surface area contributed by atoms with E-state index in [0.29, 0.717) is 12.3 Å². The lowest BCUT2D eigenvalue weighted by molar-refractivity contribution is -0.121. The lowest BCUT2D eigenvalue weighted by Crippen LogP contribution is -2.30. The van der Waals surface area contributed by atoms with Gasteiger partial charge in [-0.05, 0) is 19.3 Å². The van der Waals surface area contributed by atoms with Crippen molar-refractivity contribution in [3.05, 3.63) is 17.5 Å². The molecule has 1 aromatic heterocycles. The number of nitrogens with zero attached hydrogens (tertiary/aromatic N) is 2. The Labute approximate surface area is 100.0 Å². The number of aryl methyl sites for hydroxylation is 1. The topological polar surface area (TPSA) is 46.9 Å². The molecule has 1 heterocycles. The standard InChI is InChI=1S/C11H16ClN3O/c1-15-10-4-2-3-9(8(10)7-13-15)14-11(16)5-6-12/h7,9H,2-6H2,1H3,(H,14,16). The minimum absolute atomic E-state index is 0.0247. The molecule has 0 saturated carbocycles. The zero-order valence-electron chi connectivity index (χ0n) is 9.37. The molecule has 1 aliphatic rings. The maximum atomic E-state index is 11.5. The number of alkyl halides is 1. The average Bonchev–Trinajstić information content (AvgIpc) is 2.62. The Bertz CT molecular complexity index is 389. The van der Waals surface area contributed by atoms with Crippen LogP contribution in [0.1, 0.15) is 36.6 Å². The second-order valence-electron chi connectivity index (χ2n) is 4.12. The highest BCUT2D eigenvalue weighted by Gasteiger charge is 2.24. The predicted molar refractivity (Wildman–Crippen MR) is 62.4 cm³/mol. The second-order valence-corrected chi connectivity index (χ2v) is 4.50. The molecule has 1 aliphatic carbocycles. The third kappa shape index (κ3) is 2.21. The van der Waals surface area contributed by atoms with Gasteiger partial charge in [-0.15, -0.1) is 11.6 Å². The van der Waals surface area contributed by atoms with Gasteiger partial charge < -0.3 is 5.32 Å². The van der Waals surface area contributed by atoms with E-state index in [1.54, 1.807) is 0 Å². The molecule has 2 rings (SSSR count). The first-order valence-corrected chi connectivity index (χ1v) is 6.12. The molecule has 0 saturated heterocycles. The third-order valence-corrected chi connectivity index (χ3v) is 3.22. The van der Waals surface area contributed by atoms with E-state index in [1.165, 1.54) is 5.69 Å². The van der Waals surface area contributed by atoms with Crippen molar-refractivity contribution in [3.63, 3.8) is 0 Å². The van der Waals surface area contributed by atoms with Crippen LogP contribution in [0.4, 0.5) is 0 Å². The molecule has 0 aromatic carbocycles. The quantitative estimate of drug-likeness (QED) is 0.817. The first kappa shape index (κ1) is 11.5. The van der Waals surface area contributed by atoms with Gasteiger partial charge in [-0.25, -0.2) is 0 Å². The summed E-state index contributed by atoms with van der Waals surface area (Å²) in [7, 11) is 1.95. The van der Waals surface area contributed by atoms with E-state index in [0.717, 1.165) is 24.8 Å². The molecule has 1 unspecified atom stereocenters. The van der Waals surface area contributed by atoms with Crippen molar-refractivity contribution >= 4 is 17.5 Å². The predicted octanol–water partition coefficient (Wildman–Crippen LogP) is 1.54. The van der Waals surface area contributed by atoms with Crippen LogP contribution >= 0.6 is 11.6 Å². The molecule has 1 N–H and O–H groups in total. The summed E-state index contributed by atoms with van der Waals surface area (Å²) in [5.41, 5.74) is 2.40. The highest BCUT2D eigenvalue weighted by atomic mass is 35.5. The van der Waals surface area contributed by atoms with Gasteiger partial charge in [0.05, 0.1) is 12.2 Å². The fourth-order valence-corrected chi connectivity index (χ4v) is 2.38. The molecule has 0 bridgehead atoms. The Kier molecular flexibility index (Phi) is 3.49. The number of fused-ring (bicyclic) bond motifs is 1. The monoisotopic (exact) mass is 241 g/mol. The van der Waals surface area contributed by atoms with E-state index in [-0.39, 0.29) is 11.9 Å². The summed E-state index contributed by atoms with van der Waals surface area (Å²) >= 11 is 5.54. The Balaban J connectivity index is 2.10. The van der Waals surface area contributed by atoms with Gasteiger partial charge in [0.2, 0.25) is 5.91 Å². The number of hydrogen-bond acceptors (Lipinski definition) is 2. The molecule has 0 spiro atoms. The summed E-state index contributed by atoms with van der Waals surface area (Å²) < 4.78 is 1.90. The lowest BCUT2D eigenvalue weighted by Gasteiger charge is -2.23. The van der Waals surface area contributed by atoms with Crippen LogP contribution < -0.4 is 5.32 Å². The SMILES string of the molecule is Cn1ncc2c1CCCC2NC(=O)CCCl. The number of amides is 1. The molecule has 16 heavy (non-hydrogen) atoms. The minimum atomic E-state index is 0.0247. The van der Waals surface area contributed by atoms with Crippen LogP contribution in [0, 0.1) is 0 Å². The molecule has 4 nitrogen and oxygen atoms in total. The van der Waals surface area contributed by atoms with Crippen LogP contribution in [0.3, 0.4) is 0 Å². The first-order chi connectivity index (χ1) is 7.72. The lowest BCUT2D eigenvalue weighted by atomic mass is 9.93. The fourth-order valence-electron chi connectivity index (χ4n) is 2.21. The number of halogens is 1. The molecule has 1 amide bonds. The zero-order valence-corrected chi connectivity index (χ0v) is 10.1. The third-order valence-electron chi connectivity index (χ3n) is 3.03. The van der Waals surface area contributed by atoms with E-state index >= 15 is 0 Å². The van der Waals surface area contributed by atoms with E-state index in [2.05, 4.69) is 10.4 Å². The summed E-state index contributed by atoms with van der Waals surface area (Å²) in [5.74, 6) is 0.398. The Hall–Kier alpha value is -1.03. The van der Waals surface area contributed by atoms with Crippen LogP contribution in [0.2, 0.25) is 0 Å². The number of rotatable bonds is 3. The van der Waals surface area contributed by atoms with Crippen LogP contribution in [-0.4, -0.2) is 21.6 Å².